The molecule has 0 saturated carbocycles. The lowest BCUT2D eigenvalue weighted by atomic mass is 9.99. The van der Waals surface area contributed by atoms with Gasteiger partial charge in [-0.05, 0) is 209 Å². The monoisotopic (exact) mass is 2050 g/mol. The second-order valence-electron chi connectivity index (χ2n) is 33.1. The lowest BCUT2D eigenvalue weighted by Crippen LogP contribution is -2.68. The zero-order chi connectivity index (χ0) is 110. The van der Waals surface area contributed by atoms with Gasteiger partial charge in [0.2, 0.25) is 59.3 Å². The molecule has 0 rings (SSSR count). The van der Waals surface area contributed by atoms with Crippen molar-refractivity contribution in [2.75, 3.05) is 109 Å². The van der Waals surface area contributed by atoms with Gasteiger partial charge in [0.1, 0.15) is 6.10 Å². The van der Waals surface area contributed by atoms with Gasteiger partial charge in [-0.1, -0.05) is 225 Å². The van der Waals surface area contributed by atoms with Crippen molar-refractivity contribution < 1.29 is 124 Å². The second-order valence-corrected chi connectivity index (χ2v) is 33.1. The van der Waals surface area contributed by atoms with Gasteiger partial charge in [0.05, 0.1) is 54.5 Å². The molecule has 8 amide bonds. The minimum Gasteiger partial charge on any atom is -0.370 e. The van der Waals surface area contributed by atoms with E-state index in [1.165, 1.54) is 62.8 Å². The maximum atomic E-state index is 12.1. The highest BCUT2D eigenvalue weighted by Crippen LogP contribution is 2.30. The summed E-state index contributed by atoms with van der Waals surface area (Å²) in [7, 11) is 9.26. The number of carbonyl (C=O) groups is 8. The van der Waals surface area contributed by atoms with Crippen molar-refractivity contribution in [3.05, 3.63) is 100 Å². The van der Waals surface area contributed by atoms with Crippen molar-refractivity contribution in [2.24, 2.45) is 0 Å². The largest absolute Gasteiger partial charge is 0.370 e. The molecule has 0 radical (unpaired) electrons. The number of allylic oxidation sites excluding steroid dienone is 2. The molecule has 0 aromatic rings. The van der Waals surface area contributed by atoms with Crippen LogP contribution >= 0.6 is 0 Å². The van der Waals surface area contributed by atoms with Crippen molar-refractivity contribution >= 4 is 47.3 Å². The molecule has 0 heterocycles. The van der Waals surface area contributed by atoms with Crippen molar-refractivity contribution in [1.29, 1.82) is 0 Å². The Labute approximate surface area is 867 Å². The third-order valence-corrected chi connectivity index (χ3v) is 20.2. The zero-order valence-electron chi connectivity index (χ0n) is 95.0. The molecular formula is C109H210N8O26. The van der Waals surface area contributed by atoms with E-state index >= 15 is 0 Å². The van der Waals surface area contributed by atoms with E-state index < -0.39 is 30.7 Å². The number of carbonyl (C=O) groups excluding carboxylic acids is 8. The number of hydrogen-bond donors (Lipinski definition) is 8. The molecule has 0 saturated heterocycles. The summed E-state index contributed by atoms with van der Waals surface area (Å²) in [6.07, 6.45) is 35.1. The van der Waals surface area contributed by atoms with Crippen LogP contribution in [0.4, 0.5) is 0 Å². The maximum Gasteiger partial charge on any atom is 0.245 e. The first-order chi connectivity index (χ1) is 68.6. The van der Waals surface area contributed by atoms with Gasteiger partial charge >= 0.3 is 0 Å². The fourth-order valence-corrected chi connectivity index (χ4v) is 13.4. The molecule has 34 heteroatoms. The predicted molar refractivity (Wildman–Crippen MR) is 575 cm³/mol. The normalized spacial score (nSPS) is 13.2. The van der Waals surface area contributed by atoms with Crippen LogP contribution in [-0.2, 0) is 124 Å². The van der Waals surface area contributed by atoms with Crippen molar-refractivity contribution in [2.45, 2.75) is 450 Å². The fraction of sp³-hybridized carbons (Fsp3) is 0.780. The molecule has 0 bridgehead atoms. The van der Waals surface area contributed by atoms with Gasteiger partial charge in [0.15, 0.2) is 44.0 Å². The van der Waals surface area contributed by atoms with Gasteiger partial charge < -0.3 is 128 Å². The van der Waals surface area contributed by atoms with E-state index in [4.69, 9.17) is 85.3 Å². The van der Waals surface area contributed by atoms with Crippen LogP contribution in [0.3, 0.4) is 0 Å². The van der Waals surface area contributed by atoms with E-state index in [1.807, 2.05) is 96.9 Å². The molecule has 0 aliphatic heterocycles. The molecule has 9 unspecified atom stereocenters. The first kappa shape index (κ1) is 151. The minimum atomic E-state index is -1.27. The lowest BCUT2D eigenvalue weighted by molar-refractivity contribution is -0.298. The third-order valence-electron chi connectivity index (χ3n) is 20.2. The first-order valence-corrected chi connectivity index (χ1v) is 52.7. The molecule has 34 nitrogen and oxygen atoms in total. The quantitative estimate of drug-likeness (QED) is 0.0159. The van der Waals surface area contributed by atoms with E-state index in [2.05, 4.69) is 144 Å². The Hall–Kier alpha value is -7.04. The van der Waals surface area contributed by atoms with Crippen LogP contribution in [-0.4, -0.2) is 273 Å². The summed E-state index contributed by atoms with van der Waals surface area (Å²) < 4.78 is 99.5. The Morgan fingerprint density at radius 3 is 0.713 bits per heavy atom. The summed E-state index contributed by atoms with van der Waals surface area (Å²) in [6, 6.07) is -0.777. The maximum absolute atomic E-state index is 12.1. The molecule has 143 heavy (non-hydrogen) atoms. The van der Waals surface area contributed by atoms with E-state index in [-0.39, 0.29) is 133 Å². The van der Waals surface area contributed by atoms with Crippen molar-refractivity contribution in [1.82, 2.24) is 42.5 Å². The highest BCUT2D eigenvalue weighted by atomic mass is 16.7. The van der Waals surface area contributed by atoms with E-state index in [0.717, 1.165) is 161 Å². The summed E-state index contributed by atoms with van der Waals surface area (Å²) in [5.41, 5.74) is -1.27. The smallest absolute Gasteiger partial charge is 0.245 e. The minimum absolute atomic E-state index is 0.0447. The van der Waals surface area contributed by atoms with E-state index in [1.54, 1.807) is 47.5 Å². The molecule has 8 N–H and O–H groups in total. The summed E-state index contributed by atoms with van der Waals surface area (Å²) in [5, 5.41) is 22.9. The Bertz CT molecular complexity index is 3060. The third kappa shape index (κ3) is 83.6. The molecule has 0 aliphatic carbocycles. The van der Waals surface area contributed by atoms with Gasteiger partial charge in [-0.25, -0.2) is 0 Å². The molecule has 842 valence electrons. The topological polar surface area (TPSA) is 399 Å². The van der Waals surface area contributed by atoms with Gasteiger partial charge in [0.25, 0.3) is 0 Å². The number of unbranched alkanes of at least 4 members (excludes halogenated alkanes) is 8. The van der Waals surface area contributed by atoms with Crippen LogP contribution in [0.1, 0.15) is 333 Å². The van der Waals surface area contributed by atoms with Crippen LogP contribution in [0.5, 0.6) is 0 Å². The Kier molecular flexibility index (Phi) is 115. The van der Waals surface area contributed by atoms with Crippen LogP contribution in [0.15, 0.2) is 100 Å². The summed E-state index contributed by atoms with van der Waals surface area (Å²) in [4.78, 5) is 91.8. The fourth-order valence-electron chi connectivity index (χ4n) is 13.4. The molecule has 0 spiro atoms. The summed E-state index contributed by atoms with van der Waals surface area (Å²) >= 11 is 0. The summed E-state index contributed by atoms with van der Waals surface area (Å²) in [5.74, 6) is -1.52. The number of amides is 8. The van der Waals surface area contributed by atoms with Gasteiger partial charge in [0, 0.05) is 109 Å². The predicted octanol–water partition coefficient (Wildman–Crippen LogP) is 18.7. The van der Waals surface area contributed by atoms with E-state index in [9.17, 15) is 38.4 Å². The molecule has 0 aromatic carbocycles. The van der Waals surface area contributed by atoms with Gasteiger partial charge in [-0.3, -0.25) is 38.4 Å². The Morgan fingerprint density at radius 2 is 0.503 bits per heavy atom. The first-order valence-electron chi connectivity index (χ1n) is 52.7. The molecule has 9 atom stereocenters. The number of ether oxygens (including phenoxy) is 18. The number of rotatable bonds is 81. The van der Waals surface area contributed by atoms with Crippen molar-refractivity contribution in [3.63, 3.8) is 0 Å². The average Bonchev–Trinajstić information content (AvgIpc) is 0.782. The number of methoxy groups -OCH3 is 6. The summed E-state index contributed by atoms with van der Waals surface area (Å²) in [6.45, 7) is 74.5. The van der Waals surface area contributed by atoms with Crippen LogP contribution in [0, 0.1) is 0 Å². The van der Waals surface area contributed by atoms with Crippen LogP contribution in [0.2, 0.25) is 0 Å². The van der Waals surface area contributed by atoms with Crippen molar-refractivity contribution in [3.8, 4) is 0 Å². The standard InChI is InChI=1S/C17H33NO5.C16H31NO3.C15H29NO3.C14H27NO3.C13H25NO3.2C12H23NO3.C10H19NO3/c1-9-11-14(22-12(3)4)17(23-13(5)6,16(20-7)21-8)18-15(19)10-2;1-5-9-10-11-14(17-15(18)8-4)16(19-12-6-2)20-13-7-3;1-5-9-10-13(16-14(17)8-4)15(18-11-6-2)19-12-7-3;1-5-9-10-11-12(15-13(16)6-2)14(17-7-3)18-8-4;1-5-9-10-11(14-12(15)6-2)13(16-7-3)17-8-4;1-5-7-8-9-10(12(15-3)16-4)13-11(14)6-2;1-5-9-11(14)13-10(6-2)12(15-7-3)16-8-4;1-5-7-9(12)11-8(6-2)10(13-3)14-4/h10,12-14,16H,2,9,11H2,1,3-8H3,(H,18,19);8,14,16H,4-7,9-13H2,1-3H3,(H,17,18);8,13,15H,4-7,9-12H2,1-3H3,(H,16,17);6,12,14H,2,5,7-11H2,1,3-4H3,(H,15,16);6,11,13H,2,5,7-10H2,1,3-4H3,(H,14,15);6,10,12H,2,5,7-9H2,1,3-4H3,(H,13,14);5,9-10,12H,6-8H2,1-4H3,(H,13,14);5,7-8,10H,6H2,1-4H3,(H,11,12)/b;;;;;;9-5+;7-5+. The molecular weight excluding hydrogens is 1840 g/mol. The Morgan fingerprint density at radius 1 is 0.266 bits per heavy atom. The van der Waals surface area contributed by atoms with Gasteiger partial charge in [-0.15, -0.1) is 0 Å². The highest BCUT2D eigenvalue weighted by molar-refractivity contribution is 5.90. The van der Waals surface area contributed by atoms with Gasteiger partial charge in [-0.2, -0.15) is 0 Å². The lowest BCUT2D eigenvalue weighted by Gasteiger charge is -2.45. The van der Waals surface area contributed by atoms with Crippen LogP contribution in [0.25, 0.3) is 0 Å². The Balaban J connectivity index is -0.000000244. The zero-order valence-corrected chi connectivity index (χ0v) is 95.0. The highest BCUT2D eigenvalue weighted by Gasteiger charge is 2.51. The SMILES string of the molecule is C/C=C/C(=O)NC(CC)C(OC)OC.C/C=C/C(=O)NC(CC)C(OCC)OCC.C=CC(=O)NC(CCCC)C(OCC)OCC.C=CC(=O)NC(CCCC)C(OCCC)OCCC.C=CC(=O)NC(CCCCC)C(OC)OC.C=CC(=O)NC(CCCCC)C(OCC)OCC.C=CC(=O)NC(CCCCC)C(OCCC)OCCC.C=CC(=O)NC(OC(C)C)(C(CCC)OC(C)C)C(OC)OC. The second kappa shape index (κ2) is 109. The number of hydrogen-bond acceptors (Lipinski definition) is 26. The van der Waals surface area contributed by atoms with E-state index in [0.29, 0.717) is 72.5 Å². The molecule has 0 aliphatic rings. The average molecular weight is 2050 g/mol. The number of nitrogens with one attached hydrogen (secondary N) is 8. The van der Waals surface area contributed by atoms with Crippen LogP contribution < -0.4 is 42.5 Å². The molecule has 0 aromatic heterocycles. The molecule has 0 fully saturated rings.